The molecule has 1 saturated heterocycles. The van der Waals surface area contributed by atoms with E-state index in [4.69, 9.17) is 0 Å². The van der Waals surface area contributed by atoms with Crippen molar-refractivity contribution in [2.75, 3.05) is 31.1 Å². The van der Waals surface area contributed by atoms with Gasteiger partial charge in [0.15, 0.2) is 0 Å². The molecule has 0 bridgehead atoms. The highest BCUT2D eigenvalue weighted by atomic mass is 16.1. The molecule has 2 heterocycles. The quantitative estimate of drug-likeness (QED) is 0.664. The number of pyridine rings is 1. The molecule has 1 amide bonds. The lowest BCUT2D eigenvalue weighted by Gasteiger charge is -2.36. The first-order valence-electron chi connectivity index (χ1n) is 10.9. The smallest absolute Gasteiger partial charge is 0.251 e. The Morgan fingerprint density at radius 3 is 2.39 bits per heavy atom. The highest BCUT2D eigenvalue weighted by Gasteiger charge is 2.18. The molecule has 1 fully saturated rings. The Hall–Kier alpha value is -3.18. The van der Waals surface area contributed by atoms with Crippen LogP contribution in [0.5, 0.6) is 0 Å². The Morgan fingerprint density at radius 2 is 1.71 bits per heavy atom. The minimum absolute atomic E-state index is 0.0702. The molecule has 160 valence electrons. The summed E-state index contributed by atoms with van der Waals surface area (Å²) in [6.45, 7) is 9.85. The number of carbonyl (C=O) groups is 1. The topological polar surface area (TPSA) is 48.5 Å². The molecule has 0 radical (unpaired) electrons. The second-order valence-electron chi connectivity index (χ2n) is 8.23. The molecule has 3 aromatic rings. The third-order valence-electron chi connectivity index (χ3n) is 6.01. The van der Waals surface area contributed by atoms with E-state index in [-0.39, 0.29) is 5.91 Å². The summed E-state index contributed by atoms with van der Waals surface area (Å²) in [6, 6.07) is 20.4. The van der Waals surface area contributed by atoms with Gasteiger partial charge in [-0.15, -0.1) is 0 Å². The second-order valence-corrected chi connectivity index (χ2v) is 8.23. The van der Waals surface area contributed by atoms with Crippen LogP contribution in [-0.2, 0) is 13.1 Å². The molecule has 0 spiro atoms. The van der Waals surface area contributed by atoms with Gasteiger partial charge in [-0.2, -0.15) is 0 Å². The Morgan fingerprint density at radius 1 is 0.935 bits per heavy atom. The van der Waals surface area contributed by atoms with Crippen LogP contribution in [0.25, 0.3) is 0 Å². The van der Waals surface area contributed by atoms with Crippen LogP contribution in [0.3, 0.4) is 0 Å². The number of hydrogen-bond donors (Lipinski definition) is 1. The molecule has 5 heteroatoms. The van der Waals surface area contributed by atoms with Crippen LogP contribution in [0.15, 0.2) is 66.9 Å². The van der Waals surface area contributed by atoms with E-state index in [9.17, 15) is 4.79 Å². The van der Waals surface area contributed by atoms with Crippen molar-refractivity contribution >= 4 is 11.6 Å². The van der Waals surface area contributed by atoms with Crippen molar-refractivity contribution < 1.29 is 4.79 Å². The van der Waals surface area contributed by atoms with E-state index in [0.717, 1.165) is 38.4 Å². The average molecular weight is 415 g/mol. The monoisotopic (exact) mass is 414 g/mol. The summed E-state index contributed by atoms with van der Waals surface area (Å²) >= 11 is 0. The molecule has 1 aliphatic rings. The Labute approximate surface area is 184 Å². The van der Waals surface area contributed by atoms with E-state index in [0.29, 0.717) is 12.1 Å². The Balaban J connectivity index is 1.26. The van der Waals surface area contributed by atoms with Gasteiger partial charge in [-0.3, -0.25) is 14.7 Å². The third kappa shape index (κ3) is 5.50. The van der Waals surface area contributed by atoms with Gasteiger partial charge >= 0.3 is 0 Å². The van der Waals surface area contributed by atoms with Gasteiger partial charge in [-0.25, -0.2) is 0 Å². The maximum absolute atomic E-state index is 12.4. The van der Waals surface area contributed by atoms with Crippen LogP contribution in [-0.4, -0.2) is 42.0 Å². The number of nitrogens with zero attached hydrogens (tertiary/aromatic N) is 3. The summed E-state index contributed by atoms with van der Waals surface area (Å²) < 4.78 is 0. The van der Waals surface area contributed by atoms with E-state index in [1.807, 2.05) is 30.3 Å². The number of aromatic nitrogens is 1. The number of aryl methyl sites for hydroxylation is 2. The van der Waals surface area contributed by atoms with Crippen LogP contribution in [0, 0.1) is 13.8 Å². The number of benzene rings is 2. The average Bonchev–Trinajstić information content (AvgIpc) is 2.81. The molecule has 4 rings (SSSR count). The molecule has 31 heavy (non-hydrogen) atoms. The van der Waals surface area contributed by atoms with Crippen LogP contribution in [0.2, 0.25) is 0 Å². The number of piperazine rings is 1. The fraction of sp³-hybridized carbons (Fsp3) is 0.308. The van der Waals surface area contributed by atoms with Crippen LogP contribution < -0.4 is 10.2 Å². The maximum atomic E-state index is 12.4. The molecule has 0 saturated carbocycles. The number of rotatable bonds is 6. The van der Waals surface area contributed by atoms with Gasteiger partial charge in [0.25, 0.3) is 5.91 Å². The Bertz CT molecular complexity index is 1010. The fourth-order valence-electron chi connectivity index (χ4n) is 3.88. The van der Waals surface area contributed by atoms with Gasteiger partial charge in [0.05, 0.1) is 12.2 Å². The number of carbonyl (C=O) groups excluding carboxylic acids is 1. The molecule has 0 aliphatic carbocycles. The number of hydrogen-bond acceptors (Lipinski definition) is 4. The molecular formula is C26H30N4O. The van der Waals surface area contributed by atoms with Crippen molar-refractivity contribution in [3.63, 3.8) is 0 Å². The van der Waals surface area contributed by atoms with Gasteiger partial charge in [0, 0.05) is 50.2 Å². The standard InChI is InChI=1S/C26H30N4O/c1-20-6-11-25(17-21(20)2)30-15-13-29(14-16-30)19-22-7-9-23(10-8-22)26(31)28-18-24-5-3-4-12-27-24/h3-12,17H,13-16,18-19H2,1-2H3,(H,28,31). The number of nitrogens with one attached hydrogen (secondary N) is 1. The van der Waals surface area contributed by atoms with Crippen molar-refractivity contribution in [2.45, 2.75) is 26.9 Å². The highest BCUT2D eigenvalue weighted by molar-refractivity contribution is 5.94. The summed E-state index contributed by atoms with van der Waals surface area (Å²) in [5.74, 6) is -0.0702. The van der Waals surface area contributed by atoms with Gasteiger partial charge in [-0.05, 0) is 66.9 Å². The third-order valence-corrected chi connectivity index (χ3v) is 6.01. The van der Waals surface area contributed by atoms with E-state index in [1.165, 1.54) is 22.4 Å². The van der Waals surface area contributed by atoms with Crippen molar-refractivity contribution in [3.05, 3.63) is 94.8 Å². The first-order chi connectivity index (χ1) is 15.1. The lowest BCUT2D eigenvalue weighted by molar-refractivity contribution is 0.0950. The molecule has 1 N–H and O–H groups in total. The van der Waals surface area contributed by atoms with Crippen LogP contribution in [0.4, 0.5) is 5.69 Å². The highest BCUT2D eigenvalue weighted by Crippen LogP contribution is 2.21. The van der Waals surface area contributed by atoms with Crippen molar-refractivity contribution in [3.8, 4) is 0 Å². The van der Waals surface area contributed by atoms with E-state index < -0.39 is 0 Å². The maximum Gasteiger partial charge on any atom is 0.251 e. The largest absolute Gasteiger partial charge is 0.369 e. The molecule has 0 atom stereocenters. The molecule has 1 aliphatic heterocycles. The summed E-state index contributed by atoms with van der Waals surface area (Å²) in [4.78, 5) is 21.6. The fourth-order valence-corrected chi connectivity index (χ4v) is 3.88. The van der Waals surface area contributed by atoms with Gasteiger partial charge in [0.2, 0.25) is 0 Å². The molecule has 2 aromatic carbocycles. The number of amides is 1. The summed E-state index contributed by atoms with van der Waals surface area (Å²) in [7, 11) is 0. The second kappa shape index (κ2) is 9.75. The zero-order valence-corrected chi connectivity index (χ0v) is 18.3. The summed E-state index contributed by atoms with van der Waals surface area (Å²) in [5.41, 5.74) is 6.79. The molecule has 5 nitrogen and oxygen atoms in total. The lowest BCUT2D eigenvalue weighted by atomic mass is 10.1. The lowest BCUT2D eigenvalue weighted by Crippen LogP contribution is -2.46. The van der Waals surface area contributed by atoms with E-state index >= 15 is 0 Å². The molecule has 0 unspecified atom stereocenters. The van der Waals surface area contributed by atoms with Crippen molar-refractivity contribution in [1.82, 2.24) is 15.2 Å². The van der Waals surface area contributed by atoms with Crippen molar-refractivity contribution in [2.24, 2.45) is 0 Å². The minimum atomic E-state index is -0.0702. The zero-order valence-electron chi connectivity index (χ0n) is 18.3. The van der Waals surface area contributed by atoms with Gasteiger partial charge in [0.1, 0.15) is 0 Å². The molecular weight excluding hydrogens is 384 g/mol. The van der Waals surface area contributed by atoms with Crippen LogP contribution in [0.1, 0.15) is 32.7 Å². The van der Waals surface area contributed by atoms with Crippen LogP contribution >= 0.6 is 0 Å². The zero-order chi connectivity index (χ0) is 21.6. The summed E-state index contributed by atoms with van der Waals surface area (Å²) in [5, 5.41) is 2.93. The minimum Gasteiger partial charge on any atom is -0.369 e. The Kier molecular flexibility index (Phi) is 6.63. The van der Waals surface area contributed by atoms with Gasteiger partial charge < -0.3 is 10.2 Å². The predicted molar refractivity (Wildman–Crippen MR) is 125 cm³/mol. The van der Waals surface area contributed by atoms with Crippen molar-refractivity contribution in [1.29, 1.82) is 0 Å². The SMILES string of the molecule is Cc1ccc(N2CCN(Cc3ccc(C(=O)NCc4ccccn4)cc3)CC2)cc1C. The molecule has 1 aromatic heterocycles. The van der Waals surface area contributed by atoms with E-state index in [2.05, 4.69) is 64.3 Å². The van der Waals surface area contributed by atoms with E-state index in [1.54, 1.807) is 6.20 Å². The first-order valence-corrected chi connectivity index (χ1v) is 10.9. The predicted octanol–water partition coefficient (Wildman–Crippen LogP) is 3.95. The first kappa shape index (κ1) is 21.1. The number of anilines is 1. The van der Waals surface area contributed by atoms with Gasteiger partial charge in [-0.1, -0.05) is 24.3 Å². The summed E-state index contributed by atoms with van der Waals surface area (Å²) in [6.07, 6.45) is 1.73. The normalized spacial score (nSPS) is 14.5.